The number of hydrogen-bond acceptors (Lipinski definition) is 8. The van der Waals surface area contributed by atoms with Crippen molar-refractivity contribution in [2.75, 3.05) is 18.9 Å². The minimum absolute atomic E-state index is 0.0613. The lowest BCUT2D eigenvalue weighted by molar-refractivity contribution is 0.102. The van der Waals surface area contributed by atoms with Crippen LogP contribution in [0, 0.1) is 6.92 Å². The van der Waals surface area contributed by atoms with Crippen molar-refractivity contribution < 1.29 is 9.53 Å². The van der Waals surface area contributed by atoms with E-state index in [4.69, 9.17) is 4.74 Å². The van der Waals surface area contributed by atoms with E-state index in [-0.39, 0.29) is 11.4 Å². The summed E-state index contributed by atoms with van der Waals surface area (Å²) in [5.74, 6) is 1.28. The molecule has 0 spiro atoms. The average molecular weight is 460 g/mol. The van der Waals surface area contributed by atoms with Gasteiger partial charge >= 0.3 is 0 Å². The molecule has 1 amide bonds. The Morgan fingerprint density at radius 2 is 1.94 bits per heavy atom. The Morgan fingerprint density at radius 1 is 1.09 bits per heavy atom. The lowest BCUT2D eigenvalue weighted by atomic mass is 10.2. The molecule has 0 aromatic carbocycles. The Kier molecular flexibility index (Phi) is 6.74. The highest BCUT2D eigenvalue weighted by atomic mass is 16.5. The molecular formula is C23H24N8O3. The second-order valence-corrected chi connectivity index (χ2v) is 7.49. The summed E-state index contributed by atoms with van der Waals surface area (Å²) in [7, 11) is 3.46. The Morgan fingerprint density at radius 3 is 2.71 bits per heavy atom. The monoisotopic (exact) mass is 460 g/mol. The summed E-state index contributed by atoms with van der Waals surface area (Å²) in [4.78, 5) is 37.4. The van der Waals surface area contributed by atoms with Gasteiger partial charge in [-0.2, -0.15) is 5.10 Å². The molecule has 4 aromatic heterocycles. The minimum atomic E-state index is -0.580. The summed E-state index contributed by atoms with van der Waals surface area (Å²) >= 11 is 0. The van der Waals surface area contributed by atoms with Crippen LogP contribution < -0.4 is 20.9 Å². The number of hydrogen-bond donors (Lipinski definition) is 2. The lowest BCUT2D eigenvalue weighted by Gasteiger charge is -2.09. The van der Waals surface area contributed by atoms with E-state index in [1.807, 2.05) is 24.0 Å². The molecule has 0 bridgehead atoms. The standard InChI is InChI=1S/C23H24N8O3/c1-15-26-13-19(23(33)30(15)3)22(32)29-21-5-4-18(12-27-21)34-17-6-7-25-20(10-17)16-11-28-31(14-16)9-8-24-2/h4-7,10-14,24H,8-9H2,1-3H3,(H,27,29,32). The van der Waals surface area contributed by atoms with Gasteiger partial charge in [0.1, 0.15) is 28.7 Å². The lowest BCUT2D eigenvalue weighted by Crippen LogP contribution is -2.29. The van der Waals surface area contributed by atoms with Crippen LogP contribution in [0.25, 0.3) is 11.3 Å². The van der Waals surface area contributed by atoms with Gasteiger partial charge in [0, 0.05) is 43.8 Å². The molecule has 0 aliphatic heterocycles. The molecule has 0 aliphatic carbocycles. The number of rotatable bonds is 8. The summed E-state index contributed by atoms with van der Waals surface area (Å²) in [5, 5.41) is 10.0. The SMILES string of the molecule is CNCCn1cc(-c2cc(Oc3ccc(NC(=O)c4cnc(C)n(C)c4=O)nc3)ccn2)cn1. The zero-order valence-electron chi connectivity index (χ0n) is 19.0. The highest BCUT2D eigenvalue weighted by Gasteiger charge is 2.14. The van der Waals surface area contributed by atoms with Crippen molar-refractivity contribution in [2.24, 2.45) is 7.05 Å². The Balaban J connectivity index is 1.42. The number of ether oxygens (including phenoxy) is 1. The van der Waals surface area contributed by atoms with Gasteiger partial charge in [0.2, 0.25) is 0 Å². The van der Waals surface area contributed by atoms with Gasteiger partial charge in [0.25, 0.3) is 11.5 Å². The molecule has 4 rings (SSSR count). The number of pyridine rings is 2. The number of amides is 1. The minimum Gasteiger partial charge on any atom is -0.456 e. The highest BCUT2D eigenvalue weighted by molar-refractivity contribution is 6.03. The third kappa shape index (κ3) is 5.15. The van der Waals surface area contributed by atoms with E-state index in [2.05, 4.69) is 30.7 Å². The molecule has 2 N–H and O–H groups in total. The smallest absolute Gasteiger partial charge is 0.266 e. The number of carbonyl (C=O) groups is 1. The Hall–Kier alpha value is -4.38. The maximum absolute atomic E-state index is 12.5. The van der Waals surface area contributed by atoms with Crippen molar-refractivity contribution in [3.8, 4) is 22.8 Å². The summed E-state index contributed by atoms with van der Waals surface area (Å²) in [6.07, 6.45) is 8.09. The molecular weight excluding hydrogens is 436 g/mol. The number of nitrogens with zero attached hydrogens (tertiary/aromatic N) is 6. The van der Waals surface area contributed by atoms with Crippen LogP contribution in [-0.4, -0.2) is 48.8 Å². The molecule has 0 aliphatic rings. The quantitative estimate of drug-likeness (QED) is 0.409. The van der Waals surface area contributed by atoms with Crippen molar-refractivity contribution in [1.29, 1.82) is 0 Å². The predicted molar refractivity (Wildman–Crippen MR) is 126 cm³/mol. The van der Waals surface area contributed by atoms with Gasteiger partial charge in [-0.15, -0.1) is 0 Å². The first kappa shape index (κ1) is 22.8. The first-order valence-corrected chi connectivity index (χ1v) is 10.6. The number of carbonyl (C=O) groups excluding carboxylic acids is 1. The predicted octanol–water partition coefficient (Wildman–Crippen LogP) is 2.01. The van der Waals surface area contributed by atoms with E-state index in [9.17, 15) is 9.59 Å². The highest BCUT2D eigenvalue weighted by Crippen LogP contribution is 2.25. The first-order chi connectivity index (χ1) is 16.4. The topological polar surface area (TPSA) is 129 Å². The summed E-state index contributed by atoms with van der Waals surface area (Å²) in [6, 6.07) is 6.82. The number of aromatic nitrogens is 6. The molecule has 0 saturated carbocycles. The number of likely N-dealkylation sites (N-methyl/N-ethyl adjacent to an activating group) is 1. The van der Waals surface area contributed by atoms with Crippen LogP contribution >= 0.6 is 0 Å². The molecule has 0 unspecified atom stereocenters. The Bertz CT molecular complexity index is 1360. The maximum atomic E-state index is 12.5. The van der Waals surface area contributed by atoms with Crippen molar-refractivity contribution in [3.05, 3.63) is 77.0 Å². The van der Waals surface area contributed by atoms with Crippen molar-refractivity contribution in [1.82, 2.24) is 34.6 Å². The van der Waals surface area contributed by atoms with E-state index < -0.39 is 11.5 Å². The van der Waals surface area contributed by atoms with Gasteiger partial charge in [0.05, 0.1) is 24.6 Å². The molecule has 0 radical (unpaired) electrons. The average Bonchev–Trinajstić information content (AvgIpc) is 3.32. The van der Waals surface area contributed by atoms with Crippen LogP contribution in [0.5, 0.6) is 11.5 Å². The molecule has 4 aromatic rings. The molecule has 174 valence electrons. The molecule has 11 heteroatoms. The van der Waals surface area contributed by atoms with Crippen molar-refractivity contribution in [2.45, 2.75) is 13.5 Å². The largest absolute Gasteiger partial charge is 0.456 e. The second kappa shape index (κ2) is 10.0. The van der Waals surface area contributed by atoms with Crippen LogP contribution in [0.15, 0.2) is 60.0 Å². The molecule has 34 heavy (non-hydrogen) atoms. The normalized spacial score (nSPS) is 10.8. The van der Waals surface area contributed by atoms with E-state index in [1.165, 1.54) is 17.0 Å². The first-order valence-electron chi connectivity index (χ1n) is 10.6. The van der Waals surface area contributed by atoms with Crippen LogP contribution in [0.4, 0.5) is 5.82 Å². The summed E-state index contributed by atoms with van der Waals surface area (Å²) in [6.45, 7) is 3.27. The third-order valence-corrected chi connectivity index (χ3v) is 5.11. The second-order valence-electron chi connectivity index (χ2n) is 7.49. The van der Waals surface area contributed by atoms with E-state index in [1.54, 1.807) is 44.6 Å². The van der Waals surface area contributed by atoms with E-state index in [0.29, 0.717) is 17.3 Å². The van der Waals surface area contributed by atoms with Gasteiger partial charge < -0.3 is 15.4 Å². The number of aryl methyl sites for hydroxylation is 1. The van der Waals surface area contributed by atoms with Crippen molar-refractivity contribution in [3.63, 3.8) is 0 Å². The molecule has 0 fully saturated rings. The fourth-order valence-electron chi connectivity index (χ4n) is 3.09. The summed E-state index contributed by atoms with van der Waals surface area (Å²) in [5.41, 5.74) is 1.13. The third-order valence-electron chi connectivity index (χ3n) is 5.11. The van der Waals surface area contributed by atoms with Crippen LogP contribution in [0.3, 0.4) is 0 Å². The molecule has 11 nitrogen and oxygen atoms in total. The van der Waals surface area contributed by atoms with Gasteiger partial charge in [0.15, 0.2) is 0 Å². The molecule has 4 heterocycles. The van der Waals surface area contributed by atoms with Crippen molar-refractivity contribution >= 4 is 11.7 Å². The van der Waals surface area contributed by atoms with Gasteiger partial charge in [-0.1, -0.05) is 0 Å². The fraction of sp³-hybridized carbons (Fsp3) is 0.217. The maximum Gasteiger partial charge on any atom is 0.266 e. The fourth-order valence-corrected chi connectivity index (χ4v) is 3.09. The zero-order chi connectivity index (χ0) is 24.1. The van der Waals surface area contributed by atoms with Gasteiger partial charge in [-0.25, -0.2) is 9.97 Å². The molecule has 0 atom stereocenters. The summed E-state index contributed by atoms with van der Waals surface area (Å²) < 4.78 is 9.05. The molecule has 0 saturated heterocycles. The number of anilines is 1. The number of nitrogens with one attached hydrogen (secondary N) is 2. The van der Waals surface area contributed by atoms with Crippen LogP contribution in [0.1, 0.15) is 16.2 Å². The Labute approximate surface area is 195 Å². The van der Waals surface area contributed by atoms with Gasteiger partial charge in [-0.05, 0) is 32.2 Å². The van der Waals surface area contributed by atoms with E-state index in [0.717, 1.165) is 24.3 Å². The van der Waals surface area contributed by atoms with E-state index >= 15 is 0 Å². The van der Waals surface area contributed by atoms with Crippen LogP contribution in [-0.2, 0) is 13.6 Å². The van der Waals surface area contributed by atoms with Crippen LogP contribution in [0.2, 0.25) is 0 Å². The van der Waals surface area contributed by atoms with Gasteiger partial charge in [-0.3, -0.25) is 23.8 Å². The zero-order valence-corrected chi connectivity index (χ0v) is 19.0.